The normalized spacial score (nSPS) is 11.8. The molecular weight excluding hydrogens is 427 g/mol. The van der Waals surface area contributed by atoms with Crippen LogP contribution in [0.15, 0.2) is 9.67 Å². The van der Waals surface area contributed by atoms with Crippen LogP contribution in [0, 0.1) is 6.92 Å². The second-order valence-electron chi connectivity index (χ2n) is 5.77. The van der Waals surface area contributed by atoms with Crippen LogP contribution < -0.4 is 17.0 Å². The summed E-state index contributed by atoms with van der Waals surface area (Å²) in [6, 6.07) is 0. The van der Waals surface area contributed by atoms with Gasteiger partial charge in [0, 0.05) is 0 Å². The molecule has 3 heteroatoms. The Balaban J connectivity index is -0.00000144. The molecule has 0 amide bonds. The molecule has 0 saturated heterocycles. The summed E-state index contributed by atoms with van der Waals surface area (Å²) in [5, 5.41) is 0. The Morgan fingerprint density at radius 1 is 0.900 bits per heavy atom. The number of allylic oxidation sites excluding steroid dienone is 2. The van der Waals surface area contributed by atoms with Crippen LogP contribution >= 0.6 is 0 Å². The molecule has 0 aliphatic rings. The Morgan fingerprint density at radius 2 is 1.25 bits per heavy atom. The number of unbranched alkanes of at least 4 members (excludes halogenated alkanes) is 3. The molecule has 0 unspecified atom stereocenters. The van der Waals surface area contributed by atoms with Gasteiger partial charge in [-0.3, -0.25) is 0 Å². The van der Waals surface area contributed by atoms with Gasteiger partial charge in [-0.2, -0.15) is 0 Å². The third-order valence-electron chi connectivity index (χ3n) is 4.31. The molecule has 0 radical (unpaired) electrons. The van der Waals surface area contributed by atoms with Crippen molar-refractivity contribution in [3.63, 3.8) is 0 Å². The fourth-order valence-electron chi connectivity index (χ4n) is 2.95. The fourth-order valence-corrected chi connectivity index (χ4v) is 18.9. The van der Waals surface area contributed by atoms with Crippen LogP contribution in [0.4, 0.5) is 0 Å². The van der Waals surface area contributed by atoms with Crippen molar-refractivity contribution < 1.29 is 17.0 Å². The van der Waals surface area contributed by atoms with E-state index in [1.807, 2.05) is 3.59 Å². The fraction of sp³-hybridized carbons (Fsp3) is 0.824. The van der Waals surface area contributed by atoms with E-state index in [1.54, 1.807) is 13.3 Å². The van der Waals surface area contributed by atoms with E-state index < -0.39 is 18.4 Å². The van der Waals surface area contributed by atoms with Gasteiger partial charge in [0.05, 0.1) is 0 Å². The summed E-state index contributed by atoms with van der Waals surface area (Å²) in [5.74, 6) is 0. The molecule has 0 fully saturated rings. The molecule has 0 aromatic carbocycles. The van der Waals surface area contributed by atoms with Gasteiger partial charge < -0.3 is 17.0 Å². The Morgan fingerprint density at radius 3 is 1.50 bits per heavy atom. The SMILES string of the molecule is [Br-].[CH2-]C/C=[C](\C)[Sn]([CH2]CCC)([CH2]CCC)[CH2]CCC.[Mg+2]. The summed E-state index contributed by atoms with van der Waals surface area (Å²) in [6.07, 6.45) is 12.0. The minimum Gasteiger partial charge on any atom is 2.00 e. The molecule has 0 bridgehead atoms. The van der Waals surface area contributed by atoms with Crippen LogP contribution in [0.25, 0.3) is 0 Å². The molecule has 0 aromatic rings. The van der Waals surface area contributed by atoms with E-state index >= 15 is 0 Å². The Hall–Kier alpha value is 1.78. The molecule has 0 heterocycles. The van der Waals surface area contributed by atoms with Crippen LogP contribution in [-0.2, 0) is 0 Å². The van der Waals surface area contributed by atoms with Gasteiger partial charge in [-0.25, -0.2) is 0 Å². The quantitative estimate of drug-likeness (QED) is 0.327. The van der Waals surface area contributed by atoms with Crippen molar-refractivity contribution in [1.29, 1.82) is 0 Å². The van der Waals surface area contributed by atoms with Gasteiger partial charge >= 0.3 is 144 Å². The monoisotopic (exact) mass is 462 g/mol. The van der Waals surface area contributed by atoms with Gasteiger partial charge in [-0.1, -0.05) is 0 Å². The summed E-state index contributed by atoms with van der Waals surface area (Å²) < 4.78 is 6.60. The molecule has 20 heavy (non-hydrogen) atoms. The molecule has 0 aromatic heterocycles. The topological polar surface area (TPSA) is 0 Å². The zero-order valence-electron chi connectivity index (χ0n) is 14.4. The summed E-state index contributed by atoms with van der Waals surface area (Å²) in [6.45, 7) is 13.5. The van der Waals surface area contributed by atoms with Crippen molar-refractivity contribution in [3.05, 3.63) is 16.6 Å². The van der Waals surface area contributed by atoms with Gasteiger partial charge in [-0.05, 0) is 0 Å². The standard InChI is InChI=1S/C5H8.3C4H9.BrH.Mg.Sn/c1-3-5-4-2;3*1-3-4-2;;;/h5H,1,3H2,2H3;3*1,3-4H2,2H3;1H;;/q-1;;;;;+2;/p-1. The average molecular weight is 462 g/mol. The van der Waals surface area contributed by atoms with E-state index in [2.05, 4.69) is 40.7 Å². The summed E-state index contributed by atoms with van der Waals surface area (Å²) >= 11 is -2.01. The van der Waals surface area contributed by atoms with E-state index in [0.717, 1.165) is 6.42 Å². The van der Waals surface area contributed by atoms with E-state index in [1.165, 1.54) is 38.5 Å². The molecule has 0 N–H and O–H groups in total. The zero-order chi connectivity index (χ0) is 13.9. The van der Waals surface area contributed by atoms with Crippen molar-refractivity contribution in [3.8, 4) is 0 Å². The molecule has 0 saturated carbocycles. The van der Waals surface area contributed by atoms with Gasteiger partial charge in [0.1, 0.15) is 0 Å². The molecule has 116 valence electrons. The predicted octanol–water partition coefficient (Wildman–Crippen LogP) is 3.17. The van der Waals surface area contributed by atoms with Crippen molar-refractivity contribution in [1.82, 2.24) is 0 Å². The average Bonchev–Trinajstić information content (AvgIpc) is 2.38. The smallest absolute Gasteiger partial charge is 2.00 e. The maximum atomic E-state index is 4.04. The van der Waals surface area contributed by atoms with E-state index in [4.69, 9.17) is 0 Å². The second kappa shape index (κ2) is 17.1. The molecule has 0 atom stereocenters. The van der Waals surface area contributed by atoms with Gasteiger partial charge in [0.25, 0.3) is 0 Å². The largest absolute Gasteiger partial charge is 2.00 e. The number of hydrogen-bond acceptors (Lipinski definition) is 0. The second-order valence-corrected chi connectivity index (χ2v) is 19.6. The van der Waals surface area contributed by atoms with Crippen LogP contribution in [0.2, 0.25) is 13.3 Å². The maximum absolute atomic E-state index is 4.04. The first-order chi connectivity index (χ1) is 8.66. The molecule has 0 aliphatic carbocycles. The minimum absolute atomic E-state index is 0. The Bertz CT molecular complexity index is 207. The van der Waals surface area contributed by atoms with Crippen molar-refractivity contribution in [2.45, 2.75) is 86.0 Å². The van der Waals surface area contributed by atoms with Gasteiger partial charge in [-0.15, -0.1) is 0 Å². The zero-order valence-corrected chi connectivity index (χ0v) is 20.3. The third kappa shape index (κ3) is 10.5. The number of hydrogen-bond donors (Lipinski definition) is 0. The van der Waals surface area contributed by atoms with Crippen LogP contribution in [0.3, 0.4) is 0 Å². The number of halogens is 1. The third-order valence-corrected chi connectivity index (χ3v) is 20.9. The van der Waals surface area contributed by atoms with E-state index in [-0.39, 0.29) is 40.0 Å². The van der Waals surface area contributed by atoms with Crippen molar-refractivity contribution in [2.24, 2.45) is 0 Å². The Kier molecular flexibility index (Phi) is 22.9. The summed E-state index contributed by atoms with van der Waals surface area (Å²) in [5.41, 5.74) is 0. The van der Waals surface area contributed by atoms with Crippen LogP contribution in [-0.4, -0.2) is 41.4 Å². The van der Waals surface area contributed by atoms with Crippen LogP contribution in [0.5, 0.6) is 0 Å². The first kappa shape index (κ1) is 26.7. The van der Waals surface area contributed by atoms with Crippen molar-refractivity contribution >= 4 is 41.4 Å². The molecule has 0 nitrogen and oxygen atoms in total. The first-order valence-electron chi connectivity index (χ1n) is 8.13. The molecule has 0 aliphatic heterocycles. The first-order valence-corrected chi connectivity index (χ1v) is 15.6. The van der Waals surface area contributed by atoms with E-state index in [0.29, 0.717) is 0 Å². The molecule has 0 spiro atoms. The van der Waals surface area contributed by atoms with Gasteiger partial charge in [0.2, 0.25) is 0 Å². The summed E-state index contributed by atoms with van der Waals surface area (Å²) in [4.78, 5) is 0. The van der Waals surface area contributed by atoms with Crippen LogP contribution in [0.1, 0.15) is 72.6 Å². The maximum Gasteiger partial charge on any atom is 2.00 e. The summed E-state index contributed by atoms with van der Waals surface area (Å²) in [7, 11) is 0. The van der Waals surface area contributed by atoms with Gasteiger partial charge in [0.15, 0.2) is 0 Å². The van der Waals surface area contributed by atoms with Crippen molar-refractivity contribution in [2.75, 3.05) is 0 Å². The predicted molar refractivity (Wildman–Crippen MR) is 94.4 cm³/mol. The minimum atomic E-state index is -2.01. The molecule has 0 rings (SSSR count). The van der Waals surface area contributed by atoms with E-state index in [9.17, 15) is 0 Å². The Labute approximate surface area is 159 Å². The number of rotatable bonds is 11. The molecular formula is C17H35BrMgSn.